The van der Waals surface area contributed by atoms with Crippen LogP contribution in [0, 0.1) is 35.7 Å². The average Bonchev–Trinajstić information content (AvgIpc) is 2.65. The first-order valence-corrected chi connectivity index (χ1v) is 9.21. The summed E-state index contributed by atoms with van der Waals surface area (Å²) in [4.78, 5) is 19.9. The first-order valence-electron chi connectivity index (χ1n) is 7.71. The van der Waals surface area contributed by atoms with E-state index in [1.165, 1.54) is 6.92 Å². The summed E-state index contributed by atoms with van der Waals surface area (Å²) in [5.41, 5.74) is 18.4. The smallest absolute Gasteiger partial charge is 0.354 e. The molecule has 0 aliphatic heterocycles. The van der Waals surface area contributed by atoms with E-state index in [1.807, 2.05) is 13.0 Å². The quantitative estimate of drug-likeness (QED) is 0.313. The van der Waals surface area contributed by atoms with Crippen LogP contribution in [0.1, 0.15) is 20.3 Å². The lowest BCUT2D eigenvalue weighted by molar-refractivity contribution is -0.119. The van der Waals surface area contributed by atoms with Gasteiger partial charge in [0.25, 0.3) is 0 Å². The van der Waals surface area contributed by atoms with Gasteiger partial charge in [-0.05, 0) is 65.1 Å². The third-order valence-electron chi connectivity index (χ3n) is 2.25. The largest absolute Gasteiger partial charge is 0.536 e. The second-order valence-corrected chi connectivity index (χ2v) is 5.74. The van der Waals surface area contributed by atoms with Crippen molar-refractivity contribution in [2.75, 3.05) is 13.2 Å². The van der Waals surface area contributed by atoms with Crippen molar-refractivity contribution in [1.82, 2.24) is 5.32 Å². The van der Waals surface area contributed by atoms with Crippen molar-refractivity contribution < 1.29 is 23.3 Å². The Kier molecular flexibility index (Phi) is 13.5. The van der Waals surface area contributed by atoms with Crippen LogP contribution in [0.5, 0.6) is 0 Å². The molecule has 0 rings (SSSR count). The van der Waals surface area contributed by atoms with Crippen LogP contribution in [-0.4, -0.2) is 24.0 Å². The average molecular weight is 393 g/mol. The molecule has 140 valence electrons. The molecule has 0 aromatic rings. The number of carbonyl (C=O) groups is 1. The zero-order valence-corrected chi connectivity index (χ0v) is 16.3. The van der Waals surface area contributed by atoms with Crippen molar-refractivity contribution in [3.63, 3.8) is 0 Å². The lowest BCUT2D eigenvalue weighted by atomic mass is 10.2. The van der Waals surface area contributed by atoms with Crippen molar-refractivity contribution in [2.24, 2.45) is 0 Å². The van der Waals surface area contributed by atoms with Crippen LogP contribution in [0.25, 0.3) is 0 Å². The second-order valence-electron chi connectivity index (χ2n) is 4.36. The topological polar surface area (TPSA) is 84.9 Å². The molecule has 0 aromatic heterocycles. The molecular weight excluding hydrogens is 377 g/mol. The van der Waals surface area contributed by atoms with Crippen molar-refractivity contribution in [3.05, 3.63) is 52.3 Å². The minimum absolute atomic E-state index is 0.0671. The van der Waals surface area contributed by atoms with E-state index >= 15 is 0 Å². The van der Waals surface area contributed by atoms with Gasteiger partial charge in [-0.1, -0.05) is 12.7 Å². The predicted octanol–water partition coefficient (Wildman–Crippen LogP) is 2.28. The molecule has 0 saturated carbocycles. The van der Waals surface area contributed by atoms with Crippen molar-refractivity contribution >= 4 is 13.7 Å². The Morgan fingerprint density at radius 3 is 2.46 bits per heavy atom. The Balaban J connectivity index is 4.83. The molecule has 7 heteroatoms. The van der Waals surface area contributed by atoms with Crippen LogP contribution in [0.2, 0.25) is 0 Å². The molecule has 0 aliphatic rings. The van der Waals surface area contributed by atoms with Gasteiger partial charge in [-0.25, -0.2) is 4.57 Å². The zero-order chi connectivity index (χ0) is 21.1. The first kappa shape index (κ1) is 24.3. The van der Waals surface area contributed by atoms with Crippen LogP contribution in [-0.2, 0) is 18.4 Å². The number of carbonyl (C=O) groups excluding carboxylic acids is 1. The number of rotatable bonds is 6. The molecule has 0 radical (unpaired) electrons. The highest BCUT2D eigenvalue weighted by molar-refractivity contribution is 7.47. The zero-order valence-electron chi connectivity index (χ0n) is 15.4. The van der Waals surface area contributed by atoms with Crippen LogP contribution >= 0.6 is 7.82 Å². The predicted molar refractivity (Wildman–Crippen MR) is 103 cm³/mol. The van der Waals surface area contributed by atoms with Crippen LogP contribution < -0.4 is 5.32 Å². The van der Waals surface area contributed by atoms with Crippen molar-refractivity contribution in [2.45, 2.75) is 20.3 Å². The lowest BCUT2D eigenvalue weighted by Gasteiger charge is -2.07. The van der Waals surface area contributed by atoms with Gasteiger partial charge in [0.1, 0.15) is 6.11 Å². The number of phosphoric acid groups is 1. The number of hydrogen-bond acceptors (Lipinski definition) is 4. The summed E-state index contributed by atoms with van der Waals surface area (Å²) in [5.74, 6) is 12.0. The summed E-state index contributed by atoms with van der Waals surface area (Å²) < 4.78 is 20.4. The molecule has 1 amide bonds. The van der Waals surface area contributed by atoms with Crippen LogP contribution in [0.4, 0.5) is 0 Å². The molecule has 1 unspecified atom stereocenters. The standard InChI is InChI=1S/C21H16NO5P/c1-4-6-7-8-9-12-15-21(5-2)16-13-10-11-14-18-26-28(24,25)27-19-17-22-20(3)23/h1,5,17,19H2,2-3H3,(H,22,23)(H,24,25). The van der Waals surface area contributed by atoms with Gasteiger partial charge in [0.2, 0.25) is 5.91 Å². The minimum Gasteiger partial charge on any atom is -0.354 e. The Hall–Kier alpha value is -3.70. The Morgan fingerprint density at radius 2 is 1.79 bits per heavy atom. The minimum atomic E-state index is -4.33. The van der Waals surface area contributed by atoms with Gasteiger partial charge in [0.15, 0.2) is 0 Å². The SMILES string of the molecule is C=C=C=C=C=C=C=C=C(C#CC#CC#COP(=O)(O)OCCNC(C)=O)CC. The van der Waals surface area contributed by atoms with E-state index in [4.69, 9.17) is 0 Å². The fraction of sp³-hybridized carbons (Fsp3) is 0.238. The summed E-state index contributed by atoms with van der Waals surface area (Å²) in [6, 6.07) is 0. The van der Waals surface area contributed by atoms with Crippen LogP contribution in [0.15, 0.2) is 52.3 Å². The molecule has 0 fully saturated rings. The van der Waals surface area contributed by atoms with Crippen molar-refractivity contribution in [1.29, 1.82) is 0 Å². The van der Waals surface area contributed by atoms with E-state index in [1.54, 1.807) is 0 Å². The highest BCUT2D eigenvalue weighted by Crippen LogP contribution is 2.42. The molecule has 0 heterocycles. The molecule has 2 N–H and O–H groups in total. The Labute approximate surface area is 164 Å². The van der Waals surface area contributed by atoms with E-state index < -0.39 is 7.82 Å². The van der Waals surface area contributed by atoms with E-state index in [0.717, 1.165) is 0 Å². The molecule has 0 saturated heterocycles. The monoisotopic (exact) mass is 393 g/mol. The highest BCUT2D eigenvalue weighted by Gasteiger charge is 2.20. The molecule has 0 bridgehead atoms. The number of phosphoric ester groups is 1. The van der Waals surface area contributed by atoms with E-state index in [-0.39, 0.29) is 19.1 Å². The van der Waals surface area contributed by atoms with Crippen LogP contribution in [0.3, 0.4) is 0 Å². The maximum Gasteiger partial charge on any atom is 0.536 e. The summed E-state index contributed by atoms with van der Waals surface area (Å²) in [6.07, 6.45) is 2.55. The Bertz CT molecular complexity index is 1090. The molecule has 28 heavy (non-hydrogen) atoms. The summed E-state index contributed by atoms with van der Waals surface area (Å²) >= 11 is 0. The summed E-state index contributed by atoms with van der Waals surface area (Å²) in [5, 5.41) is 2.39. The maximum atomic E-state index is 11.4. The van der Waals surface area contributed by atoms with Gasteiger partial charge in [0, 0.05) is 25.3 Å². The highest BCUT2D eigenvalue weighted by atomic mass is 31.2. The molecule has 0 spiro atoms. The van der Waals surface area contributed by atoms with E-state index in [2.05, 4.69) is 90.7 Å². The normalized spacial score (nSPS) is 9.39. The fourth-order valence-electron chi connectivity index (χ4n) is 1.14. The molecule has 0 aliphatic carbocycles. The number of nitrogens with one attached hydrogen (secondary N) is 1. The first-order chi connectivity index (χ1) is 13.4. The van der Waals surface area contributed by atoms with Gasteiger partial charge < -0.3 is 9.84 Å². The summed E-state index contributed by atoms with van der Waals surface area (Å²) in [7, 11) is -4.33. The lowest BCUT2D eigenvalue weighted by Crippen LogP contribution is -2.24. The van der Waals surface area contributed by atoms with Crippen molar-refractivity contribution in [3.8, 4) is 35.7 Å². The van der Waals surface area contributed by atoms with E-state index in [0.29, 0.717) is 12.0 Å². The van der Waals surface area contributed by atoms with Gasteiger partial charge in [-0.15, -0.1) is 0 Å². The van der Waals surface area contributed by atoms with Gasteiger partial charge >= 0.3 is 7.82 Å². The third kappa shape index (κ3) is 15.8. The second kappa shape index (κ2) is 15.5. The fourth-order valence-corrected chi connectivity index (χ4v) is 1.68. The number of amides is 1. The van der Waals surface area contributed by atoms with Gasteiger partial charge in [0.05, 0.1) is 12.2 Å². The number of hydrogen-bond donors (Lipinski definition) is 2. The Morgan fingerprint density at radius 1 is 1.11 bits per heavy atom. The number of allylic oxidation sites excluding steroid dienone is 1. The third-order valence-corrected chi connectivity index (χ3v) is 3.08. The summed E-state index contributed by atoms with van der Waals surface area (Å²) in [6.45, 7) is 6.37. The van der Waals surface area contributed by atoms with E-state index in [9.17, 15) is 14.3 Å². The maximum absolute atomic E-state index is 11.4. The van der Waals surface area contributed by atoms with Gasteiger partial charge in [-0.3, -0.25) is 14.2 Å². The van der Waals surface area contributed by atoms with Gasteiger partial charge in [-0.2, -0.15) is 0 Å². The molecule has 0 aromatic carbocycles. The molecule has 6 nitrogen and oxygen atoms in total. The molecular formula is C21H16NO5P. The molecule has 1 atom stereocenters.